The van der Waals surface area contributed by atoms with Gasteiger partial charge in [-0.1, -0.05) is 11.3 Å². The molecule has 0 radical (unpaired) electrons. The van der Waals surface area contributed by atoms with Gasteiger partial charge in [-0.05, 0) is 23.7 Å². The van der Waals surface area contributed by atoms with E-state index in [-0.39, 0.29) is 15.4 Å². The number of carbonyl (C=O) groups is 1. The molecule has 0 atom stereocenters. The highest BCUT2D eigenvalue weighted by Crippen LogP contribution is 2.14. The lowest BCUT2D eigenvalue weighted by Crippen LogP contribution is -2.23. The lowest BCUT2D eigenvalue weighted by atomic mass is 10.4. The van der Waals surface area contributed by atoms with E-state index in [1.807, 2.05) is 29.9 Å². The minimum atomic E-state index is -0.259. The zero-order valence-corrected chi connectivity index (χ0v) is 10.0. The molecule has 16 heavy (non-hydrogen) atoms. The third kappa shape index (κ3) is 2.40. The highest BCUT2D eigenvalue weighted by molar-refractivity contribution is 7.17. The molecule has 0 fully saturated rings. The monoisotopic (exact) mass is 256 g/mol. The van der Waals surface area contributed by atoms with Gasteiger partial charge in [-0.3, -0.25) is 4.79 Å². The number of hydrogen-bond acceptors (Lipinski definition) is 4. The van der Waals surface area contributed by atoms with E-state index >= 15 is 0 Å². The summed E-state index contributed by atoms with van der Waals surface area (Å²) in [6.45, 7) is 0.458. The fraction of sp³-hybridized carbons (Fsp3) is 0.222. The predicted octanol–water partition coefficient (Wildman–Crippen LogP) is 1.46. The Bertz CT molecular complexity index is 507. The predicted molar refractivity (Wildman–Crippen MR) is 61.5 cm³/mol. The summed E-state index contributed by atoms with van der Waals surface area (Å²) < 4.78 is 2.21. The van der Waals surface area contributed by atoms with Gasteiger partial charge in [0.1, 0.15) is 0 Å². The number of carbonyl (C=O) groups excluding carboxylic acids is 1. The second-order valence-electron chi connectivity index (χ2n) is 3.15. The van der Waals surface area contributed by atoms with Crippen molar-refractivity contribution in [3.05, 3.63) is 33.5 Å². The van der Waals surface area contributed by atoms with E-state index in [4.69, 9.17) is 11.6 Å². The molecular formula is C9H9ClN4OS. The van der Waals surface area contributed by atoms with Crippen LogP contribution >= 0.6 is 22.9 Å². The molecule has 0 spiro atoms. The van der Waals surface area contributed by atoms with Gasteiger partial charge in [0.2, 0.25) is 9.47 Å². The summed E-state index contributed by atoms with van der Waals surface area (Å²) in [5, 5.41) is 10.2. The average Bonchev–Trinajstić information content (AvgIpc) is 2.84. The van der Waals surface area contributed by atoms with Crippen LogP contribution in [0.3, 0.4) is 0 Å². The Morgan fingerprint density at radius 3 is 3.00 bits per heavy atom. The van der Waals surface area contributed by atoms with E-state index in [9.17, 15) is 4.79 Å². The van der Waals surface area contributed by atoms with E-state index < -0.39 is 0 Å². The van der Waals surface area contributed by atoms with Crippen LogP contribution in [0.1, 0.15) is 15.5 Å². The summed E-state index contributed by atoms with van der Waals surface area (Å²) in [4.78, 5) is 11.6. The Kier molecular flexibility index (Phi) is 3.21. The Balaban J connectivity index is 1.96. The minimum Gasteiger partial charge on any atom is -0.353 e. The van der Waals surface area contributed by atoms with Crippen molar-refractivity contribution in [1.29, 1.82) is 0 Å². The van der Waals surface area contributed by atoms with Crippen LogP contribution in [0.2, 0.25) is 4.47 Å². The normalized spacial score (nSPS) is 10.4. The first-order valence-corrected chi connectivity index (χ1v) is 5.73. The molecule has 0 aliphatic carbocycles. The molecule has 84 valence electrons. The summed E-state index contributed by atoms with van der Waals surface area (Å²) >= 11 is 6.65. The van der Waals surface area contributed by atoms with Gasteiger partial charge in [0.15, 0.2) is 0 Å². The average molecular weight is 257 g/mol. The Labute approximate surface area is 101 Å². The molecule has 0 aromatic carbocycles. The molecule has 1 N–H and O–H groups in total. The Hall–Kier alpha value is -1.40. The van der Waals surface area contributed by atoms with Gasteiger partial charge in [0.25, 0.3) is 5.91 Å². The van der Waals surface area contributed by atoms with E-state index in [0.29, 0.717) is 6.54 Å². The van der Waals surface area contributed by atoms with Crippen molar-refractivity contribution in [2.75, 3.05) is 0 Å². The maximum Gasteiger partial charge on any atom is 0.282 e. The first-order valence-electron chi connectivity index (χ1n) is 4.54. The van der Waals surface area contributed by atoms with Gasteiger partial charge in [0, 0.05) is 18.9 Å². The molecule has 7 heteroatoms. The quantitative estimate of drug-likeness (QED) is 0.905. The van der Waals surface area contributed by atoms with Crippen LogP contribution in [0.4, 0.5) is 0 Å². The molecule has 0 saturated carbocycles. The molecule has 0 saturated heterocycles. The number of nitrogens with zero attached hydrogens (tertiary/aromatic N) is 3. The van der Waals surface area contributed by atoms with Crippen molar-refractivity contribution in [3.63, 3.8) is 0 Å². The van der Waals surface area contributed by atoms with Crippen molar-refractivity contribution >= 4 is 28.8 Å². The molecule has 0 unspecified atom stereocenters. The molecular weight excluding hydrogens is 248 g/mol. The number of amides is 1. The van der Waals surface area contributed by atoms with E-state index in [0.717, 1.165) is 17.0 Å². The van der Waals surface area contributed by atoms with Gasteiger partial charge in [-0.15, -0.1) is 10.2 Å². The molecule has 2 rings (SSSR count). The third-order valence-corrected chi connectivity index (χ3v) is 3.09. The van der Waals surface area contributed by atoms with Gasteiger partial charge in [0.05, 0.1) is 6.54 Å². The molecule has 2 heterocycles. The summed E-state index contributed by atoms with van der Waals surface area (Å²) in [5.41, 5.74) is 1.02. The zero-order chi connectivity index (χ0) is 11.5. The SMILES string of the molecule is Cn1cccc1CNC(=O)c1nnc(Cl)s1. The molecule has 5 nitrogen and oxygen atoms in total. The molecule has 0 aliphatic rings. The first kappa shape index (κ1) is 11.1. The smallest absolute Gasteiger partial charge is 0.282 e. The fourth-order valence-electron chi connectivity index (χ4n) is 1.22. The molecule has 2 aromatic rings. The maximum absolute atomic E-state index is 11.6. The highest BCUT2D eigenvalue weighted by Gasteiger charge is 2.11. The summed E-state index contributed by atoms with van der Waals surface area (Å²) in [5.74, 6) is -0.259. The molecule has 0 bridgehead atoms. The van der Waals surface area contributed by atoms with Gasteiger partial charge in [-0.2, -0.15) is 0 Å². The van der Waals surface area contributed by atoms with Crippen molar-refractivity contribution < 1.29 is 4.79 Å². The number of hydrogen-bond donors (Lipinski definition) is 1. The summed E-state index contributed by atoms with van der Waals surface area (Å²) in [6, 6.07) is 3.86. The molecule has 1 amide bonds. The highest BCUT2D eigenvalue weighted by atomic mass is 35.5. The summed E-state index contributed by atoms with van der Waals surface area (Å²) in [6.07, 6.45) is 1.92. The number of aromatic nitrogens is 3. The van der Waals surface area contributed by atoms with Crippen LogP contribution in [-0.2, 0) is 13.6 Å². The maximum atomic E-state index is 11.6. The number of rotatable bonds is 3. The second kappa shape index (κ2) is 4.63. The lowest BCUT2D eigenvalue weighted by Gasteiger charge is -2.03. The van der Waals surface area contributed by atoms with Crippen LogP contribution in [0, 0.1) is 0 Å². The van der Waals surface area contributed by atoms with Crippen LogP contribution < -0.4 is 5.32 Å². The Morgan fingerprint density at radius 1 is 1.62 bits per heavy atom. The van der Waals surface area contributed by atoms with Crippen LogP contribution in [0.25, 0.3) is 0 Å². The lowest BCUT2D eigenvalue weighted by molar-refractivity contribution is 0.0949. The minimum absolute atomic E-state index is 0.259. The van der Waals surface area contributed by atoms with E-state index in [1.54, 1.807) is 0 Å². The molecule has 0 aliphatic heterocycles. The standard InChI is InChI=1S/C9H9ClN4OS/c1-14-4-2-3-6(14)5-11-7(15)8-12-13-9(10)16-8/h2-4H,5H2,1H3,(H,11,15). The van der Waals surface area contributed by atoms with E-state index in [1.165, 1.54) is 0 Å². The van der Waals surface area contributed by atoms with Gasteiger partial charge < -0.3 is 9.88 Å². The number of aryl methyl sites for hydroxylation is 1. The zero-order valence-electron chi connectivity index (χ0n) is 8.48. The van der Waals surface area contributed by atoms with Crippen molar-refractivity contribution in [2.45, 2.75) is 6.54 Å². The summed E-state index contributed by atoms with van der Waals surface area (Å²) in [7, 11) is 1.92. The van der Waals surface area contributed by atoms with Gasteiger partial charge >= 0.3 is 0 Å². The van der Waals surface area contributed by atoms with Crippen molar-refractivity contribution in [1.82, 2.24) is 20.1 Å². The number of halogens is 1. The second-order valence-corrected chi connectivity index (χ2v) is 4.71. The van der Waals surface area contributed by atoms with Crippen LogP contribution in [0.15, 0.2) is 18.3 Å². The fourth-order valence-corrected chi connectivity index (χ4v) is 1.97. The van der Waals surface area contributed by atoms with Gasteiger partial charge in [-0.25, -0.2) is 0 Å². The largest absolute Gasteiger partial charge is 0.353 e. The number of nitrogens with one attached hydrogen (secondary N) is 1. The van der Waals surface area contributed by atoms with Crippen molar-refractivity contribution in [3.8, 4) is 0 Å². The third-order valence-electron chi connectivity index (χ3n) is 2.08. The van der Waals surface area contributed by atoms with Crippen LogP contribution in [0.5, 0.6) is 0 Å². The molecule has 2 aromatic heterocycles. The van der Waals surface area contributed by atoms with Crippen molar-refractivity contribution in [2.24, 2.45) is 7.05 Å². The first-order chi connectivity index (χ1) is 7.66. The van der Waals surface area contributed by atoms with Crippen LogP contribution in [-0.4, -0.2) is 20.7 Å². The van der Waals surface area contributed by atoms with E-state index in [2.05, 4.69) is 15.5 Å². The Morgan fingerprint density at radius 2 is 2.44 bits per heavy atom. The topological polar surface area (TPSA) is 59.8 Å².